The Bertz CT molecular complexity index is 1350. The summed E-state index contributed by atoms with van der Waals surface area (Å²) in [5.41, 5.74) is 9.64. The average molecular weight is 578 g/mol. The number of piperidine rings is 1. The van der Waals surface area contributed by atoms with Crippen LogP contribution in [0.2, 0.25) is 5.02 Å². The maximum atomic E-state index is 13.6. The zero-order valence-electron chi connectivity index (χ0n) is 23.9. The van der Waals surface area contributed by atoms with Crippen LogP contribution in [0.25, 0.3) is 11.1 Å². The van der Waals surface area contributed by atoms with Gasteiger partial charge in [0.05, 0.1) is 12.7 Å². The number of nitrogens with two attached hydrogens (primary N) is 1. The van der Waals surface area contributed by atoms with Crippen molar-refractivity contribution in [1.82, 2.24) is 10.2 Å². The Balaban J connectivity index is 1.67. The van der Waals surface area contributed by atoms with Gasteiger partial charge in [-0.25, -0.2) is 4.79 Å². The fourth-order valence-electron chi connectivity index (χ4n) is 5.87. The van der Waals surface area contributed by atoms with Gasteiger partial charge < -0.3 is 25.8 Å². The molecule has 218 valence electrons. The van der Waals surface area contributed by atoms with E-state index in [1.807, 2.05) is 72.5 Å². The zero-order valence-corrected chi connectivity index (χ0v) is 24.6. The second-order valence-electron chi connectivity index (χ2n) is 10.8. The van der Waals surface area contributed by atoms with Crippen molar-refractivity contribution in [1.29, 1.82) is 0 Å². The van der Waals surface area contributed by atoms with Crippen molar-refractivity contribution in [3.05, 3.63) is 94.0 Å². The zero-order chi connectivity index (χ0) is 29.4. The number of rotatable bonds is 10. The smallest absolute Gasteiger partial charge is 0.406 e. The van der Waals surface area contributed by atoms with Crippen molar-refractivity contribution in [3.8, 4) is 11.1 Å². The van der Waals surface area contributed by atoms with Crippen LogP contribution in [0.15, 0.2) is 66.7 Å². The van der Waals surface area contributed by atoms with Crippen molar-refractivity contribution in [2.75, 3.05) is 33.3 Å². The minimum atomic E-state index is -1.30. The molecule has 41 heavy (non-hydrogen) atoms. The summed E-state index contributed by atoms with van der Waals surface area (Å²) >= 11 is 6.82. The van der Waals surface area contributed by atoms with Gasteiger partial charge in [0.1, 0.15) is 0 Å². The summed E-state index contributed by atoms with van der Waals surface area (Å²) in [5, 5.41) is 16.0. The van der Waals surface area contributed by atoms with Gasteiger partial charge in [-0.15, -0.1) is 0 Å². The Hall–Kier alpha value is -3.39. The van der Waals surface area contributed by atoms with Crippen molar-refractivity contribution in [2.24, 2.45) is 11.7 Å². The molecule has 2 amide bonds. The first kappa shape index (κ1) is 30.6. The van der Waals surface area contributed by atoms with Gasteiger partial charge in [0.15, 0.2) is 0 Å². The molecule has 8 heteroatoms. The van der Waals surface area contributed by atoms with Crippen LogP contribution < -0.4 is 11.1 Å². The summed E-state index contributed by atoms with van der Waals surface area (Å²) in [6.07, 6.45) is 2.66. The molecule has 1 aliphatic rings. The van der Waals surface area contributed by atoms with E-state index >= 15 is 0 Å². The van der Waals surface area contributed by atoms with Crippen molar-refractivity contribution in [2.45, 2.75) is 44.6 Å². The predicted molar refractivity (Wildman–Crippen MR) is 163 cm³/mol. The first-order valence-corrected chi connectivity index (χ1v) is 14.6. The number of carbonyl (C=O) groups excluding carboxylic acids is 2. The molecule has 7 nitrogen and oxygen atoms in total. The van der Waals surface area contributed by atoms with E-state index in [4.69, 9.17) is 22.1 Å². The second kappa shape index (κ2) is 14.0. The van der Waals surface area contributed by atoms with E-state index in [2.05, 4.69) is 11.4 Å². The molecule has 1 saturated heterocycles. The Morgan fingerprint density at radius 2 is 1.90 bits per heavy atom. The van der Waals surface area contributed by atoms with Crippen LogP contribution in [0.4, 0.5) is 4.79 Å². The van der Waals surface area contributed by atoms with Gasteiger partial charge in [-0.1, -0.05) is 65.7 Å². The highest BCUT2D eigenvalue weighted by Crippen LogP contribution is 2.45. The van der Waals surface area contributed by atoms with E-state index in [0.717, 1.165) is 47.1 Å². The minimum absolute atomic E-state index is 0.0475. The number of amides is 2. The summed E-state index contributed by atoms with van der Waals surface area (Å²) in [5.74, 6) is -0.287. The average Bonchev–Trinajstić information content (AvgIpc) is 2.99. The third-order valence-electron chi connectivity index (χ3n) is 7.99. The lowest BCUT2D eigenvalue weighted by Gasteiger charge is -2.44. The van der Waals surface area contributed by atoms with Gasteiger partial charge >= 0.3 is 6.09 Å². The van der Waals surface area contributed by atoms with E-state index in [-0.39, 0.29) is 11.8 Å². The van der Waals surface area contributed by atoms with Gasteiger partial charge in [0.25, 0.3) is 5.91 Å². The van der Waals surface area contributed by atoms with Crippen molar-refractivity contribution in [3.63, 3.8) is 0 Å². The molecule has 1 aliphatic heterocycles. The minimum Gasteiger partial charge on any atom is -0.453 e. The Kier molecular flexibility index (Phi) is 10.4. The number of nitrogens with zero attached hydrogens (tertiary/aromatic N) is 1. The maximum absolute atomic E-state index is 13.6. The van der Waals surface area contributed by atoms with Crippen LogP contribution in [0, 0.1) is 12.8 Å². The topological polar surface area (TPSA) is 105 Å². The SMILES string of the molecule is COC(=O)NCCCC(O)(c1cccc(Cl)c1-c1cccc(C)c1)[C@@H]1CCCN(C(=O)c2ccc(CCN)cc2)C1. The van der Waals surface area contributed by atoms with Gasteiger partial charge in [-0.3, -0.25) is 4.79 Å². The first-order chi connectivity index (χ1) is 19.8. The van der Waals surface area contributed by atoms with Crippen LogP contribution >= 0.6 is 11.6 Å². The second-order valence-corrected chi connectivity index (χ2v) is 11.2. The number of hydrogen-bond acceptors (Lipinski definition) is 5. The van der Waals surface area contributed by atoms with Crippen LogP contribution in [0.1, 0.15) is 52.7 Å². The third kappa shape index (κ3) is 7.28. The summed E-state index contributed by atoms with van der Waals surface area (Å²) in [6.45, 7) is 3.96. The molecule has 2 atom stereocenters. The lowest BCUT2D eigenvalue weighted by atomic mass is 9.72. The first-order valence-electron chi connectivity index (χ1n) is 14.3. The Morgan fingerprint density at radius 3 is 2.61 bits per heavy atom. The fraction of sp³-hybridized carbons (Fsp3) is 0.394. The lowest BCUT2D eigenvalue weighted by molar-refractivity contribution is -0.0563. The number of aryl methyl sites for hydroxylation is 1. The third-order valence-corrected chi connectivity index (χ3v) is 8.31. The molecule has 0 spiro atoms. The molecule has 3 aromatic carbocycles. The van der Waals surface area contributed by atoms with E-state index in [0.29, 0.717) is 49.6 Å². The molecule has 0 aliphatic carbocycles. The monoisotopic (exact) mass is 577 g/mol. The number of ether oxygens (including phenoxy) is 1. The number of methoxy groups -OCH3 is 1. The van der Waals surface area contributed by atoms with Gasteiger partial charge in [0.2, 0.25) is 0 Å². The highest BCUT2D eigenvalue weighted by atomic mass is 35.5. The molecular formula is C33H40ClN3O4. The van der Waals surface area contributed by atoms with Crippen molar-refractivity contribution < 1.29 is 19.4 Å². The Morgan fingerprint density at radius 1 is 1.15 bits per heavy atom. The van der Waals surface area contributed by atoms with Crippen LogP contribution in [-0.4, -0.2) is 55.3 Å². The van der Waals surface area contributed by atoms with Crippen LogP contribution in [0.3, 0.4) is 0 Å². The van der Waals surface area contributed by atoms with Gasteiger partial charge in [0, 0.05) is 41.7 Å². The predicted octanol–water partition coefficient (Wildman–Crippen LogP) is 5.69. The number of nitrogens with one attached hydrogen (secondary N) is 1. The molecular weight excluding hydrogens is 538 g/mol. The number of aliphatic hydroxyl groups is 1. The molecule has 3 aromatic rings. The fourth-order valence-corrected chi connectivity index (χ4v) is 6.16. The van der Waals surface area contributed by atoms with Crippen LogP contribution in [-0.2, 0) is 16.8 Å². The Labute approximate surface area is 247 Å². The maximum Gasteiger partial charge on any atom is 0.406 e. The molecule has 0 aromatic heterocycles. The number of benzene rings is 3. The van der Waals surface area contributed by atoms with Gasteiger partial charge in [-0.05, 0) is 80.5 Å². The van der Waals surface area contributed by atoms with Crippen LogP contribution in [0.5, 0.6) is 0 Å². The molecule has 1 fully saturated rings. The largest absolute Gasteiger partial charge is 0.453 e. The quantitative estimate of drug-likeness (QED) is 0.268. The van der Waals surface area contributed by atoms with E-state index in [9.17, 15) is 14.7 Å². The number of hydrogen-bond donors (Lipinski definition) is 3. The molecule has 0 bridgehead atoms. The number of halogens is 1. The highest BCUT2D eigenvalue weighted by molar-refractivity contribution is 6.33. The number of alkyl carbamates (subject to hydrolysis) is 1. The summed E-state index contributed by atoms with van der Waals surface area (Å²) < 4.78 is 4.71. The van der Waals surface area contributed by atoms with Gasteiger partial charge in [-0.2, -0.15) is 0 Å². The standard InChI is InChI=1S/C33H40ClN3O4/c1-23-7-3-8-26(21-23)30-28(10-4-11-29(30)34)33(40,17-6-19-36-32(39)41-2)27-9-5-20-37(22-27)31(38)25-14-12-24(13-15-25)16-18-35/h3-4,7-8,10-15,21,27,40H,5-6,9,16-20,22,35H2,1-2H3,(H,36,39)/t27-,33?/m1/s1. The normalized spacial score (nSPS) is 16.6. The van der Waals surface area contributed by atoms with E-state index in [1.54, 1.807) is 0 Å². The van der Waals surface area contributed by atoms with Crippen molar-refractivity contribution >= 4 is 23.6 Å². The molecule has 4 N–H and O–H groups in total. The number of likely N-dealkylation sites (tertiary alicyclic amines) is 1. The molecule has 0 saturated carbocycles. The molecule has 1 heterocycles. The number of carbonyl (C=O) groups is 2. The van der Waals surface area contributed by atoms with E-state index < -0.39 is 11.7 Å². The molecule has 4 rings (SSSR count). The lowest BCUT2D eigenvalue weighted by Crippen LogP contribution is -2.48. The summed E-state index contributed by atoms with van der Waals surface area (Å²) in [4.78, 5) is 27.1. The van der Waals surface area contributed by atoms with E-state index in [1.165, 1.54) is 7.11 Å². The molecule has 0 radical (unpaired) electrons. The highest BCUT2D eigenvalue weighted by Gasteiger charge is 2.43. The summed E-state index contributed by atoms with van der Waals surface area (Å²) in [6, 6.07) is 21.3. The molecule has 1 unspecified atom stereocenters. The summed E-state index contributed by atoms with van der Waals surface area (Å²) in [7, 11) is 1.32.